The number of nitrogens with one attached hydrogen (secondary N) is 1. The van der Waals surface area contributed by atoms with Gasteiger partial charge in [0.2, 0.25) is 10.0 Å². The number of nitrogens with two attached hydrogens (primary N) is 1. The predicted octanol–water partition coefficient (Wildman–Crippen LogP) is 1.82. The van der Waals surface area contributed by atoms with Gasteiger partial charge in [-0.3, -0.25) is 0 Å². The SMILES string of the molecule is CCCNC1CC(CCCOCCOCC)S(=O)(=O)c2sc(S(N)(=O)=O)cc21. The molecule has 2 heterocycles. The molecule has 0 saturated heterocycles. The molecule has 162 valence electrons. The van der Waals surface area contributed by atoms with Crippen LogP contribution in [0.15, 0.2) is 14.5 Å². The monoisotopic (exact) mass is 454 g/mol. The Balaban J connectivity index is 2.13. The zero-order chi connectivity index (χ0) is 20.8. The van der Waals surface area contributed by atoms with E-state index in [2.05, 4.69) is 5.32 Å². The van der Waals surface area contributed by atoms with Crippen molar-refractivity contribution in [1.29, 1.82) is 0 Å². The number of fused-ring (bicyclic) bond motifs is 1. The van der Waals surface area contributed by atoms with Crippen LogP contribution in [-0.4, -0.2) is 55.1 Å². The summed E-state index contributed by atoms with van der Waals surface area (Å²) in [4.78, 5) is 0. The van der Waals surface area contributed by atoms with Crippen LogP contribution in [0.5, 0.6) is 0 Å². The molecule has 1 aromatic heterocycles. The van der Waals surface area contributed by atoms with Gasteiger partial charge in [-0.25, -0.2) is 22.0 Å². The van der Waals surface area contributed by atoms with E-state index in [4.69, 9.17) is 14.6 Å². The van der Waals surface area contributed by atoms with Gasteiger partial charge in [0.15, 0.2) is 9.84 Å². The molecule has 2 atom stereocenters. The number of ether oxygens (including phenoxy) is 2. The van der Waals surface area contributed by atoms with Crippen LogP contribution in [0.1, 0.15) is 51.1 Å². The van der Waals surface area contributed by atoms with Gasteiger partial charge in [0.25, 0.3) is 0 Å². The first-order valence-electron chi connectivity index (χ1n) is 9.51. The molecule has 11 heteroatoms. The molecule has 0 amide bonds. The van der Waals surface area contributed by atoms with Crippen molar-refractivity contribution < 1.29 is 26.3 Å². The molecule has 0 bridgehead atoms. The van der Waals surface area contributed by atoms with E-state index < -0.39 is 25.1 Å². The third-order valence-corrected chi connectivity index (χ3v) is 9.96. The Bertz CT molecular complexity index is 835. The minimum atomic E-state index is -3.95. The van der Waals surface area contributed by atoms with E-state index in [1.165, 1.54) is 6.07 Å². The fraction of sp³-hybridized carbons (Fsp3) is 0.765. The summed E-state index contributed by atoms with van der Waals surface area (Å²) < 4.78 is 60.3. The van der Waals surface area contributed by atoms with Crippen molar-refractivity contribution in [2.75, 3.05) is 33.0 Å². The Morgan fingerprint density at radius 3 is 2.61 bits per heavy atom. The first-order valence-corrected chi connectivity index (χ1v) is 13.4. The molecule has 0 aromatic carbocycles. The standard InChI is InChI=1S/C17H30N2O6S3/c1-3-7-19-15-11-13(6-5-8-25-10-9-24-4-2)27(20,21)17-14(15)12-16(26-17)28(18,22)23/h12-13,15,19H,3-11H2,1-2H3,(H2,18,22,23). The molecule has 0 saturated carbocycles. The van der Waals surface area contributed by atoms with Crippen LogP contribution in [0.4, 0.5) is 0 Å². The van der Waals surface area contributed by atoms with Crippen LogP contribution < -0.4 is 10.5 Å². The van der Waals surface area contributed by atoms with E-state index in [0.29, 0.717) is 51.3 Å². The average Bonchev–Trinajstić information content (AvgIpc) is 3.09. The average molecular weight is 455 g/mol. The van der Waals surface area contributed by atoms with E-state index in [1.54, 1.807) is 0 Å². The largest absolute Gasteiger partial charge is 0.379 e. The number of rotatable bonds is 12. The summed E-state index contributed by atoms with van der Waals surface area (Å²) in [6, 6.07) is 1.21. The van der Waals surface area contributed by atoms with Gasteiger partial charge in [0, 0.05) is 24.8 Å². The van der Waals surface area contributed by atoms with Gasteiger partial charge in [0.05, 0.1) is 18.5 Å². The topological polar surface area (TPSA) is 125 Å². The molecule has 1 aliphatic rings. The lowest BCUT2D eigenvalue weighted by Gasteiger charge is -2.30. The quantitative estimate of drug-likeness (QED) is 0.461. The van der Waals surface area contributed by atoms with E-state index in [9.17, 15) is 16.8 Å². The smallest absolute Gasteiger partial charge is 0.247 e. The normalized spacial score (nSPS) is 21.5. The summed E-state index contributed by atoms with van der Waals surface area (Å²) >= 11 is 0.754. The van der Waals surface area contributed by atoms with Crippen LogP contribution in [-0.2, 0) is 29.3 Å². The van der Waals surface area contributed by atoms with E-state index in [0.717, 1.165) is 24.3 Å². The second kappa shape index (κ2) is 10.5. The maximum Gasteiger partial charge on any atom is 0.247 e. The van der Waals surface area contributed by atoms with Crippen LogP contribution in [0.2, 0.25) is 0 Å². The number of thiophene rings is 1. The summed E-state index contributed by atoms with van der Waals surface area (Å²) in [6.45, 7) is 6.77. The maximum atomic E-state index is 13.1. The van der Waals surface area contributed by atoms with Crippen LogP contribution in [0, 0.1) is 0 Å². The molecule has 2 unspecified atom stereocenters. The minimum absolute atomic E-state index is 0.107. The number of hydrogen-bond donors (Lipinski definition) is 2. The van der Waals surface area contributed by atoms with Crippen LogP contribution >= 0.6 is 11.3 Å². The molecule has 2 rings (SSSR count). The Hall–Kier alpha value is -0.560. The highest BCUT2D eigenvalue weighted by molar-refractivity contribution is 7.95. The van der Waals surface area contributed by atoms with Crippen molar-refractivity contribution in [2.45, 2.75) is 59.2 Å². The van der Waals surface area contributed by atoms with Crippen molar-refractivity contribution in [2.24, 2.45) is 5.14 Å². The lowest BCUT2D eigenvalue weighted by molar-refractivity contribution is 0.0512. The molecule has 1 aromatic rings. The lowest BCUT2D eigenvalue weighted by atomic mass is 10.0. The van der Waals surface area contributed by atoms with Gasteiger partial charge in [-0.15, -0.1) is 11.3 Å². The van der Waals surface area contributed by atoms with Crippen molar-refractivity contribution in [3.8, 4) is 0 Å². The third-order valence-electron chi connectivity index (χ3n) is 4.59. The van der Waals surface area contributed by atoms with Gasteiger partial charge >= 0.3 is 0 Å². The first-order chi connectivity index (χ1) is 13.2. The Kier molecular flexibility index (Phi) is 8.86. The van der Waals surface area contributed by atoms with Gasteiger partial charge in [0.1, 0.15) is 8.42 Å². The highest BCUT2D eigenvalue weighted by Gasteiger charge is 2.41. The van der Waals surface area contributed by atoms with Crippen molar-refractivity contribution >= 4 is 31.2 Å². The number of hydrogen-bond acceptors (Lipinski definition) is 8. The highest BCUT2D eigenvalue weighted by atomic mass is 32.3. The molecule has 8 nitrogen and oxygen atoms in total. The van der Waals surface area contributed by atoms with Crippen molar-refractivity contribution in [3.05, 3.63) is 11.6 Å². The Morgan fingerprint density at radius 1 is 1.25 bits per heavy atom. The van der Waals surface area contributed by atoms with Gasteiger partial charge in [-0.05, 0) is 45.2 Å². The third kappa shape index (κ3) is 5.97. The van der Waals surface area contributed by atoms with Crippen LogP contribution in [0.3, 0.4) is 0 Å². The van der Waals surface area contributed by atoms with E-state index in [1.807, 2.05) is 13.8 Å². The van der Waals surface area contributed by atoms with Crippen molar-refractivity contribution in [1.82, 2.24) is 5.32 Å². The van der Waals surface area contributed by atoms with Crippen LogP contribution in [0.25, 0.3) is 0 Å². The minimum Gasteiger partial charge on any atom is -0.379 e. The van der Waals surface area contributed by atoms with Gasteiger partial charge < -0.3 is 14.8 Å². The fourth-order valence-electron chi connectivity index (χ4n) is 3.20. The molecular weight excluding hydrogens is 424 g/mol. The van der Waals surface area contributed by atoms with Gasteiger partial charge in [-0.2, -0.15) is 0 Å². The van der Waals surface area contributed by atoms with Crippen molar-refractivity contribution in [3.63, 3.8) is 0 Å². The fourth-order valence-corrected chi connectivity index (χ4v) is 7.95. The van der Waals surface area contributed by atoms with E-state index >= 15 is 0 Å². The molecule has 28 heavy (non-hydrogen) atoms. The second-order valence-corrected chi connectivity index (χ2v) is 12.0. The Labute approximate surface area is 171 Å². The van der Waals surface area contributed by atoms with E-state index in [-0.39, 0.29) is 14.5 Å². The molecule has 0 spiro atoms. The lowest BCUT2D eigenvalue weighted by Crippen LogP contribution is -2.35. The number of sulfone groups is 1. The summed E-state index contributed by atoms with van der Waals surface area (Å²) in [5.41, 5.74) is 0.520. The number of sulfonamides is 1. The summed E-state index contributed by atoms with van der Waals surface area (Å²) in [7, 11) is -7.55. The maximum absolute atomic E-state index is 13.1. The molecule has 3 N–H and O–H groups in total. The molecule has 1 aliphatic heterocycles. The summed E-state index contributed by atoms with van der Waals surface area (Å²) in [5, 5.41) is 8.00. The number of primary sulfonamides is 1. The molecule has 0 fully saturated rings. The Morgan fingerprint density at radius 2 is 1.96 bits per heavy atom. The summed E-state index contributed by atoms with van der Waals surface area (Å²) in [5.74, 6) is 0. The zero-order valence-electron chi connectivity index (χ0n) is 16.3. The predicted molar refractivity (Wildman–Crippen MR) is 109 cm³/mol. The zero-order valence-corrected chi connectivity index (χ0v) is 18.8. The molecule has 0 radical (unpaired) electrons. The molecule has 0 aliphatic carbocycles. The summed E-state index contributed by atoms with van der Waals surface area (Å²) in [6.07, 6.45) is 2.38. The first kappa shape index (κ1) is 23.7. The second-order valence-electron chi connectivity index (χ2n) is 6.71. The molecular formula is C17H30N2O6S3. The highest BCUT2D eigenvalue weighted by Crippen LogP contribution is 2.43. The van der Waals surface area contributed by atoms with Gasteiger partial charge in [-0.1, -0.05) is 6.92 Å².